The number of rotatable bonds is 8. The highest BCUT2D eigenvalue weighted by Gasteiger charge is 2.51. The van der Waals surface area contributed by atoms with Crippen molar-refractivity contribution in [3.05, 3.63) is 75.9 Å². The first-order valence-electron chi connectivity index (χ1n) is 13.1. The van der Waals surface area contributed by atoms with Crippen LogP contribution in [0.5, 0.6) is 0 Å². The minimum absolute atomic E-state index is 0.00542. The monoisotopic (exact) mass is 649 g/mol. The molecule has 0 saturated heterocycles. The number of hydrogen-bond acceptors (Lipinski definition) is 7. The number of aromatic carboxylic acids is 1. The predicted octanol–water partition coefficient (Wildman–Crippen LogP) is 6.29. The second kappa shape index (κ2) is 11.8. The molecule has 2 aromatic heterocycles. The third kappa shape index (κ3) is 7.25. The van der Waals surface area contributed by atoms with Crippen molar-refractivity contribution in [2.24, 2.45) is 12.5 Å². The van der Waals surface area contributed by atoms with Crippen LogP contribution in [0.3, 0.4) is 0 Å². The molecule has 3 aromatic rings. The zero-order valence-corrected chi connectivity index (χ0v) is 23.7. The van der Waals surface area contributed by atoms with Gasteiger partial charge >= 0.3 is 24.5 Å². The van der Waals surface area contributed by atoms with E-state index in [0.29, 0.717) is 17.7 Å². The lowest BCUT2D eigenvalue weighted by atomic mass is 9.76. The van der Waals surface area contributed by atoms with E-state index in [1.165, 1.54) is 13.2 Å². The summed E-state index contributed by atoms with van der Waals surface area (Å²) in [7, 11) is 1.33. The average molecular weight is 650 g/mol. The lowest BCUT2D eigenvalue weighted by molar-refractivity contribution is -0.199. The number of alkyl halides is 9. The minimum Gasteiger partial charge on any atom is -0.475 e. The highest BCUT2D eigenvalue weighted by molar-refractivity contribution is 5.85. The number of carboxylic acid groups (broad SMARTS) is 1. The summed E-state index contributed by atoms with van der Waals surface area (Å²) in [6.07, 6.45) is -12.3. The quantitative estimate of drug-likeness (QED) is 0.284. The van der Waals surface area contributed by atoms with E-state index in [2.05, 4.69) is 25.4 Å². The topological polar surface area (TPSA) is 110 Å². The van der Waals surface area contributed by atoms with E-state index in [9.17, 15) is 49.4 Å². The molecule has 1 unspecified atom stereocenters. The van der Waals surface area contributed by atoms with E-state index in [-0.39, 0.29) is 35.3 Å². The van der Waals surface area contributed by atoms with Gasteiger partial charge in [0.25, 0.3) is 5.95 Å². The summed E-state index contributed by atoms with van der Waals surface area (Å²) in [5, 5.41) is 20.9. The van der Waals surface area contributed by atoms with Gasteiger partial charge in [-0.2, -0.15) is 44.3 Å². The Hall–Kier alpha value is -4.51. The standard InChI is InChI=1S/C27H24F9N7O2/c1-4-15-11-37-21(22(44)45)38-20(15)19-5-6-24(2,27(34,35)36)10-16(19)13-43(23-39-41-42(3)40-23)12-14-7-17(25(28,29)30)9-18(8-14)26(31,32)33/h5-9,11H,4,10,12-13H2,1-3H3,(H,44,45). The summed E-state index contributed by atoms with van der Waals surface area (Å²) in [5.41, 5.74) is -5.65. The van der Waals surface area contributed by atoms with Gasteiger partial charge in [0.05, 0.1) is 29.3 Å². The zero-order chi connectivity index (χ0) is 33.5. The normalized spacial score (nSPS) is 17.6. The maximum Gasteiger partial charge on any atom is 0.416 e. The van der Waals surface area contributed by atoms with Crippen molar-refractivity contribution in [2.45, 2.75) is 51.8 Å². The van der Waals surface area contributed by atoms with Crippen molar-refractivity contribution in [3.63, 3.8) is 0 Å². The summed E-state index contributed by atoms with van der Waals surface area (Å²) in [6.45, 7) is 1.35. The van der Waals surface area contributed by atoms with Crippen molar-refractivity contribution in [1.29, 1.82) is 0 Å². The first kappa shape index (κ1) is 33.4. The fraction of sp³-hybridized carbons (Fsp3) is 0.407. The van der Waals surface area contributed by atoms with Crippen molar-refractivity contribution in [1.82, 2.24) is 30.2 Å². The average Bonchev–Trinajstić information content (AvgIpc) is 3.37. The first-order chi connectivity index (χ1) is 20.7. The molecular weight excluding hydrogens is 625 g/mol. The van der Waals surface area contributed by atoms with Crippen LogP contribution < -0.4 is 4.90 Å². The molecule has 1 atom stereocenters. The van der Waals surface area contributed by atoms with Gasteiger partial charge in [-0.25, -0.2) is 14.8 Å². The molecule has 0 saturated carbocycles. The number of allylic oxidation sites excluding steroid dienone is 3. The number of anilines is 1. The molecule has 0 aliphatic heterocycles. The smallest absolute Gasteiger partial charge is 0.416 e. The van der Waals surface area contributed by atoms with Gasteiger partial charge in [0, 0.05) is 24.9 Å². The SMILES string of the molecule is CCc1cnc(C(=O)O)nc1C1=C(CN(Cc2cc(C(F)(F)F)cc(C(F)(F)F)c2)c2nnn(C)n2)CC(C)(C(F)(F)F)C=C1. The Morgan fingerprint density at radius 3 is 2.13 bits per heavy atom. The van der Waals surface area contributed by atoms with Crippen LogP contribution in [-0.4, -0.2) is 54.0 Å². The fourth-order valence-corrected chi connectivity index (χ4v) is 4.73. The Morgan fingerprint density at radius 2 is 1.64 bits per heavy atom. The number of carbonyl (C=O) groups is 1. The Labute approximate surface area is 249 Å². The summed E-state index contributed by atoms with van der Waals surface area (Å²) in [6, 6.07) is 0.942. The van der Waals surface area contributed by atoms with Crippen molar-refractivity contribution in [2.75, 3.05) is 11.4 Å². The maximum atomic E-state index is 14.2. The Bertz CT molecular complexity index is 1630. The minimum atomic E-state index is -5.14. The lowest BCUT2D eigenvalue weighted by Gasteiger charge is -2.35. The molecule has 2 heterocycles. The van der Waals surface area contributed by atoms with Crippen molar-refractivity contribution in [3.8, 4) is 0 Å². The molecule has 0 bridgehead atoms. The molecule has 1 N–H and O–H groups in total. The molecule has 45 heavy (non-hydrogen) atoms. The number of hydrogen-bond donors (Lipinski definition) is 1. The van der Waals surface area contributed by atoms with Crippen LogP contribution in [0.25, 0.3) is 5.57 Å². The maximum absolute atomic E-state index is 14.2. The number of carboxylic acids is 1. The Kier molecular flexibility index (Phi) is 8.73. The molecule has 0 spiro atoms. The Balaban J connectivity index is 1.91. The van der Waals surface area contributed by atoms with Gasteiger partial charge in [-0.1, -0.05) is 24.2 Å². The van der Waals surface area contributed by atoms with Crippen molar-refractivity contribution < 1.29 is 49.4 Å². The van der Waals surface area contributed by atoms with Crippen molar-refractivity contribution >= 4 is 17.5 Å². The van der Waals surface area contributed by atoms with Crippen LogP contribution >= 0.6 is 0 Å². The van der Waals surface area contributed by atoms with Crippen LogP contribution in [0.4, 0.5) is 45.5 Å². The zero-order valence-electron chi connectivity index (χ0n) is 23.7. The molecule has 1 aromatic carbocycles. The van der Waals surface area contributed by atoms with Crippen LogP contribution in [0.1, 0.15) is 58.8 Å². The van der Waals surface area contributed by atoms with E-state index in [4.69, 9.17) is 0 Å². The molecular formula is C27H24F9N7O2. The number of aromatic nitrogens is 6. The summed E-state index contributed by atoms with van der Waals surface area (Å²) in [5.74, 6) is -2.44. The fourth-order valence-electron chi connectivity index (χ4n) is 4.73. The van der Waals surface area contributed by atoms with Gasteiger partial charge in [0.2, 0.25) is 5.82 Å². The van der Waals surface area contributed by atoms with E-state index in [1.807, 2.05) is 0 Å². The summed E-state index contributed by atoms with van der Waals surface area (Å²) in [4.78, 5) is 21.5. The van der Waals surface area contributed by atoms with E-state index in [1.54, 1.807) is 6.92 Å². The van der Waals surface area contributed by atoms with Crippen LogP contribution in [0.15, 0.2) is 42.1 Å². The molecule has 18 heteroatoms. The highest BCUT2D eigenvalue weighted by Crippen LogP contribution is 2.48. The van der Waals surface area contributed by atoms with Gasteiger partial charge in [-0.05, 0) is 59.9 Å². The van der Waals surface area contributed by atoms with E-state index < -0.39 is 71.9 Å². The van der Waals surface area contributed by atoms with Crippen LogP contribution in [-0.2, 0) is 32.4 Å². The summed E-state index contributed by atoms with van der Waals surface area (Å²) >= 11 is 0. The number of halogens is 9. The predicted molar refractivity (Wildman–Crippen MR) is 140 cm³/mol. The van der Waals surface area contributed by atoms with E-state index >= 15 is 0 Å². The van der Waals surface area contributed by atoms with Crippen LogP contribution in [0.2, 0.25) is 0 Å². The molecule has 0 fully saturated rings. The molecule has 4 rings (SSSR count). The molecule has 242 valence electrons. The third-order valence-electron chi connectivity index (χ3n) is 7.10. The molecule has 0 amide bonds. The third-order valence-corrected chi connectivity index (χ3v) is 7.10. The van der Waals surface area contributed by atoms with E-state index in [0.717, 1.165) is 28.8 Å². The Morgan fingerprint density at radius 1 is 1.02 bits per heavy atom. The molecule has 9 nitrogen and oxygen atoms in total. The van der Waals surface area contributed by atoms with Crippen LogP contribution in [0, 0.1) is 5.41 Å². The highest BCUT2D eigenvalue weighted by atomic mass is 19.4. The number of aryl methyl sites for hydroxylation is 2. The molecule has 1 aliphatic carbocycles. The largest absolute Gasteiger partial charge is 0.475 e. The van der Waals surface area contributed by atoms with Gasteiger partial charge in [0.15, 0.2) is 0 Å². The number of benzene rings is 1. The van der Waals surface area contributed by atoms with Gasteiger partial charge in [-0.15, -0.1) is 5.10 Å². The molecule has 1 aliphatic rings. The first-order valence-corrected chi connectivity index (χ1v) is 13.1. The lowest BCUT2D eigenvalue weighted by Crippen LogP contribution is -2.37. The summed E-state index contributed by atoms with van der Waals surface area (Å²) < 4.78 is 124. The second-order valence-electron chi connectivity index (χ2n) is 10.5. The molecule has 0 radical (unpaired) electrons. The number of tetrazole rings is 1. The van der Waals surface area contributed by atoms with Gasteiger partial charge in [0.1, 0.15) is 0 Å². The van der Waals surface area contributed by atoms with Gasteiger partial charge < -0.3 is 10.0 Å². The van der Waals surface area contributed by atoms with Gasteiger partial charge in [-0.3, -0.25) is 0 Å². The second-order valence-corrected chi connectivity index (χ2v) is 10.5. The number of nitrogens with zero attached hydrogens (tertiary/aromatic N) is 7.